The first-order valence-corrected chi connectivity index (χ1v) is 9.47. The fourth-order valence-corrected chi connectivity index (χ4v) is 3.82. The highest BCUT2D eigenvalue weighted by molar-refractivity contribution is 7.89. The van der Waals surface area contributed by atoms with Crippen molar-refractivity contribution in [3.63, 3.8) is 0 Å². The van der Waals surface area contributed by atoms with Crippen LogP contribution in [-0.2, 0) is 10.0 Å². The first-order valence-electron chi connectivity index (χ1n) is 7.98. The standard InChI is InChI=1S/C16H22N4O3S.ClH/c1-23-16-5-3-2-4-15(16)20-12-14(11-18-20)24(21,22)19-9-7-13-6-8-17-10-13;/h2-5,11-13,17,19H,6-10H2,1H3;1H. The second-order valence-corrected chi connectivity index (χ2v) is 7.60. The Morgan fingerprint density at radius 1 is 1.40 bits per heavy atom. The summed E-state index contributed by atoms with van der Waals surface area (Å²) in [4.78, 5) is 0.151. The van der Waals surface area contributed by atoms with Gasteiger partial charge in [-0.2, -0.15) is 5.10 Å². The zero-order chi connectivity index (χ0) is 17.0. The number of rotatable bonds is 7. The predicted molar refractivity (Wildman–Crippen MR) is 98.1 cm³/mol. The lowest BCUT2D eigenvalue weighted by atomic mass is 10.1. The number of para-hydroxylation sites is 2. The third-order valence-corrected chi connectivity index (χ3v) is 5.62. The lowest BCUT2D eigenvalue weighted by molar-refractivity contribution is 0.411. The van der Waals surface area contributed by atoms with Gasteiger partial charge < -0.3 is 10.1 Å². The second kappa shape index (κ2) is 8.66. The molecule has 138 valence electrons. The number of hydrogen-bond donors (Lipinski definition) is 2. The van der Waals surface area contributed by atoms with Gasteiger partial charge in [0.1, 0.15) is 16.3 Å². The molecule has 0 saturated carbocycles. The van der Waals surface area contributed by atoms with Crippen LogP contribution < -0.4 is 14.8 Å². The van der Waals surface area contributed by atoms with Gasteiger partial charge in [-0.25, -0.2) is 17.8 Å². The van der Waals surface area contributed by atoms with Crippen molar-refractivity contribution >= 4 is 22.4 Å². The predicted octanol–water partition coefficient (Wildman–Crippen LogP) is 1.58. The van der Waals surface area contributed by atoms with Crippen molar-refractivity contribution in [2.45, 2.75) is 17.7 Å². The molecule has 1 atom stereocenters. The van der Waals surface area contributed by atoms with Gasteiger partial charge >= 0.3 is 0 Å². The number of aromatic nitrogens is 2. The van der Waals surface area contributed by atoms with Crippen LogP contribution >= 0.6 is 12.4 Å². The smallest absolute Gasteiger partial charge is 0.243 e. The molecule has 0 spiro atoms. The van der Waals surface area contributed by atoms with E-state index in [2.05, 4.69) is 15.1 Å². The van der Waals surface area contributed by atoms with E-state index >= 15 is 0 Å². The van der Waals surface area contributed by atoms with E-state index in [-0.39, 0.29) is 17.3 Å². The van der Waals surface area contributed by atoms with Crippen LogP contribution in [0.5, 0.6) is 5.75 Å². The highest BCUT2D eigenvalue weighted by atomic mass is 35.5. The number of benzene rings is 1. The number of nitrogens with one attached hydrogen (secondary N) is 2. The maximum atomic E-state index is 12.4. The Morgan fingerprint density at radius 3 is 2.92 bits per heavy atom. The molecule has 1 aromatic heterocycles. The van der Waals surface area contributed by atoms with E-state index in [4.69, 9.17) is 4.74 Å². The fourth-order valence-electron chi connectivity index (χ4n) is 2.84. The average Bonchev–Trinajstić information content (AvgIpc) is 3.26. The number of hydrogen-bond acceptors (Lipinski definition) is 5. The Bertz CT molecular complexity index is 788. The summed E-state index contributed by atoms with van der Waals surface area (Å²) in [5.74, 6) is 1.18. The third kappa shape index (κ3) is 4.72. The monoisotopic (exact) mass is 386 g/mol. The molecule has 2 heterocycles. The lowest BCUT2D eigenvalue weighted by Crippen LogP contribution is -2.26. The zero-order valence-corrected chi connectivity index (χ0v) is 15.6. The van der Waals surface area contributed by atoms with Gasteiger partial charge in [0.2, 0.25) is 10.0 Å². The normalized spacial score (nSPS) is 17.2. The average molecular weight is 387 g/mol. The maximum Gasteiger partial charge on any atom is 0.243 e. The molecule has 1 aliphatic heterocycles. The molecule has 0 bridgehead atoms. The summed E-state index contributed by atoms with van der Waals surface area (Å²) in [7, 11) is -1.98. The summed E-state index contributed by atoms with van der Waals surface area (Å²) in [5, 5.41) is 7.44. The number of sulfonamides is 1. The van der Waals surface area contributed by atoms with Crippen molar-refractivity contribution in [3.05, 3.63) is 36.7 Å². The largest absolute Gasteiger partial charge is 0.494 e. The number of methoxy groups -OCH3 is 1. The zero-order valence-electron chi connectivity index (χ0n) is 14.0. The van der Waals surface area contributed by atoms with Gasteiger partial charge in [-0.1, -0.05) is 12.1 Å². The molecule has 0 amide bonds. The first kappa shape index (κ1) is 19.7. The van der Waals surface area contributed by atoms with Crippen LogP contribution in [0, 0.1) is 5.92 Å². The van der Waals surface area contributed by atoms with Crippen molar-refractivity contribution in [2.24, 2.45) is 5.92 Å². The molecule has 0 radical (unpaired) electrons. The molecule has 7 nitrogen and oxygen atoms in total. The van der Waals surface area contributed by atoms with E-state index in [9.17, 15) is 8.42 Å². The summed E-state index contributed by atoms with van der Waals surface area (Å²) in [6, 6.07) is 7.33. The van der Waals surface area contributed by atoms with Crippen LogP contribution in [0.25, 0.3) is 5.69 Å². The van der Waals surface area contributed by atoms with Gasteiger partial charge in [-0.15, -0.1) is 12.4 Å². The van der Waals surface area contributed by atoms with E-state index in [1.165, 1.54) is 17.1 Å². The van der Waals surface area contributed by atoms with Crippen LogP contribution in [0.1, 0.15) is 12.8 Å². The SMILES string of the molecule is COc1ccccc1-n1cc(S(=O)(=O)NCCC2CCNC2)cn1.Cl. The Hall–Kier alpha value is -1.61. The van der Waals surface area contributed by atoms with Crippen molar-refractivity contribution in [1.82, 2.24) is 19.8 Å². The minimum atomic E-state index is -3.55. The van der Waals surface area contributed by atoms with Gasteiger partial charge in [0.05, 0.1) is 19.5 Å². The summed E-state index contributed by atoms with van der Waals surface area (Å²) >= 11 is 0. The van der Waals surface area contributed by atoms with Crippen LogP contribution in [0.15, 0.2) is 41.6 Å². The molecule has 1 unspecified atom stereocenters. The molecule has 1 aromatic carbocycles. The first-order chi connectivity index (χ1) is 11.6. The Kier molecular flexibility index (Phi) is 6.83. The van der Waals surface area contributed by atoms with Crippen LogP contribution in [0.2, 0.25) is 0 Å². The summed E-state index contributed by atoms with van der Waals surface area (Å²) < 4.78 is 34.2. The fraction of sp³-hybridized carbons (Fsp3) is 0.438. The molecule has 2 aromatic rings. The van der Waals surface area contributed by atoms with Crippen LogP contribution in [0.3, 0.4) is 0 Å². The van der Waals surface area contributed by atoms with E-state index < -0.39 is 10.0 Å². The van der Waals surface area contributed by atoms with E-state index in [0.29, 0.717) is 23.9 Å². The Labute approximate surface area is 154 Å². The second-order valence-electron chi connectivity index (χ2n) is 5.84. The lowest BCUT2D eigenvalue weighted by Gasteiger charge is -2.09. The van der Waals surface area contributed by atoms with Gasteiger partial charge in [0, 0.05) is 6.54 Å². The summed E-state index contributed by atoms with van der Waals surface area (Å²) in [6.45, 7) is 2.42. The molecule has 1 saturated heterocycles. The van der Waals surface area contributed by atoms with E-state index in [0.717, 1.165) is 25.9 Å². The van der Waals surface area contributed by atoms with Gasteiger partial charge in [0.25, 0.3) is 0 Å². The molecule has 3 rings (SSSR count). The quantitative estimate of drug-likeness (QED) is 0.754. The third-order valence-electron chi connectivity index (χ3n) is 4.21. The van der Waals surface area contributed by atoms with E-state index in [1.54, 1.807) is 13.2 Å². The highest BCUT2D eigenvalue weighted by Crippen LogP contribution is 2.22. The summed E-state index contributed by atoms with van der Waals surface area (Å²) in [6.07, 6.45) is 4.80. The highest BCUT2D eigenvalue weighted by Gasteiger charge is 2.19. The number of halogens is 1. The molecule has 25 heavy (non-hydrogen) atoms. The van der Waals surface area contributed by atoms with Gasteiger partial charge in [-0.05, 0) is 44.0 Å². The summed E-state index contributed by atoms with van der Waals surface area (Å²) in [5.41, 5.74) is 0.693. The number of nitrogens with zero attached hydrogens (tertiary/aromatic N) is 2. The van der Waals surface area contributed by atoms with Crippen molar-refractivity contribution in [2.75, 3.05) is 26.7 Å². The minimum absolute atomic E-state index is 0. The molecule has 1 fully saturated rings. The molecule has 9 heteroatoms. The van der Waals surface area contributed by atoms with Crippen molar-refractivity contribution < 1.29 is 13.2 Å². The molecular formula is C16H23ClN4O3S. The minimum Gasteiger partial charge on any atom is -0.494 e. The van der Waals surface area contributed by atoms with Gasteiger partial charge in [0.15, 0.2) is 0 Å². The molecular weight excluding hydrogens is 364 g/mol. The van der Waals surface area contributed by atoms with Crippen LogP contribution in [0.4, 0.5) is 0 Å². The Balaban J connectivity index is 0.00000225. The topological polar surface area (TPSA) is 85.2 Å². The maximum absolute atomic E-state index is 12.4. The van der Waals surface area contributed by atoms with Crippen molar-refractivity contribution in [3.8, 4) is 11.4 Å². The molecule has 2 N–H and O–H groups in total. The molecule has 1 aliphatic rings. The van der Waals surface area contributed by atoms with Gasteiger partial charge in [-0.3, -0.25) is 0 Å². The number of ether oxygens (including phenoxy) is 1. The van der Waals surface area contributed by atoms with Crippen LogP contribution in [-0.4, -0.2) is 44.9 Å². The Morgan fingerprint density at radius 2 is 2.20 bits per heavy atom. The van der Waals surface area contributed by atoms with E-state index in [1.807, 2.05) is 18.2 Å². The molecule has 0 aliphatic carbocycles. The van der Waals surface area contributed by atoms with Crippen molar-refractivity contribution in [1.29, 1.82) is 0 Å².